The van der Waals surface area contributed by atoms with Crippen molar-refractivity contribution >= 4 is 17.9 Å². The zero-order valence-electron chi connectivity index (χ0n) is 10.9. The summed E-state index contributed by atoms with van der Waals surface area (Å²) < 4.78 is 0. The maximum Gasteiger partial charge on any atom is 0.254 e. The minimum atomic E-state index is -0.559. The number of primary amides is 1. The van der Waals surface area contributed by atoms with Gasteiger partial charge in [-0.1, -0.05) is 12.7 Å². The molecule has 5 nitrogen and oxygen atoms in total. The largest absolute Gasteiger partial charge is 0.365 e. The van der Waals surface area contributed by atoms with Gasteiger partial charge in [0, 0.05) is 6.92 Å². The normalized spacial score (nSPS) is 15.1. The van der Waals surface area contributed by atoms with E-state index in [1.54, 1.807) is 0 Å². The Bertz CT molecular complexity index is 335. The predicted molar refractivity (Wildman–Crippen MR) is 72.2 cm³/mol. The minimum Gasteiger partial charge on any atom is -0.365 e. The van der Waals surface area contributed by atoms with Crippen LogP contribution in [0.3, 0.4) is 0 Å². The lowest BCUT2D eigenvalue weighted by Crippen LogP contribution is -2.71. The predicted octanol–water partition coefficient (Wildman–Crippen LogP) is -1.31. The summed E-state index contributed by atoms with van der Waals surface area (Å²) in [6, 6.07) is 0. The first-order chi connectivity index (χ1) is 8.57. The lowest BCUT2D eigenvalue weighted by Gasteiger charge is -1.87. The molecule has 0 atom stereocenters. The average Bonchev–Trinajstić information content (AvgIpc) is 2.85. The second kappa shape index (κ2) is 10.4. The van der Waals surface area contributed by atoms with Crippen LogP contribution in [-0.2, 0) is 9.59 Å². The number of hydrogen-bond acceptors (Lipinski definition) is 3. The van der Waals surface area contributed by atoms with Crippen LogP contribution in [-0.4, -0.2) is 37.5 Å². The SMILES string of the molecule is C1CCNC1.C=C/C=C(\C=[NH+]CC(C)=O)C(N)=O. The molecule has 0 saturated carbocycles. The number of rotatable bonds is 5. The molecule has 0 spiro atoms. The number of amides is 1. The maximum atomic E-state index is 10.7. The molecule has 18 heavy (non-hydrogen) atoms. The number of nitrogens with two attached hydrogens (primary N) is 1. The van der Waals surface area contributed by atoms with Gasteiger partial charge in [0.25, 0.3) is 5.91 Å². The summed E-state index contributed by atoms with van der Waals surface area (Å²) in [5, 5.41) is 3.22. The number of carbonyl (C=O) groups excluding carboxylic acids is 2. The molecule has 0 unspecified atom stereocenters. The Balaban J connectivity index is 0.000000473. The second-order valence-corrected chi connectivity index (χ2v) is 3.91. The first-order valence-corrected chi connectivity index (χ1v) is 5.97. The van der Waals surface area contributed by atoms with Gasteiger partial charge in [-0.3, -0.25) is 9.59 Å². The monoisotopic (exact) mass is 252 g/mol. The quantitative estimate of drug-likeness (QED) is 0.323. The summed E-state index contributed by atoms with van der Waals surface area (Å²) in [7, 11) is 0. The van der Waals surface area contributed by atoms with Crippen LogP contribution in [0.15, 0.2) is 24.3 Å². The van der Waals surface area contributed by atoms with Crippen LogP contribution in [0.4, 0.5) is 0 Å². The molecule has 0 aromatic heterocycles. The van der Waals surface area contributed by atoms with E-state index < -0.39 is 5.91 Å². The Morgan fingerprint density at radius 1 is 1.39 bits per heavy atom. The molecule has 4 N–H and O–H groups in total. The van der Waals surface area contributed by atoms with Gasteiger partial charge in [-0.25, -0.2) is 4.99 Å². The van der Waals surface area contributed by atoms with Crippen molar-refractivity contribution in [2.24, 2.45) is 5.73 Å². The first-order valence-electron chi connectivity index (χ1n) is 5.97. The Morgan fingerprint density at radius 3 is 2.33 bits per heavy atom. The van der Waals surface area contributed by atoms with Gasteiger partial charge in [-0.2, -0.15) is 0 Å². The van der Waals surface area contributed by atoms with Crippen LogP contribution in [0, 0.1) is 0 Å². The number of nitrogens with one attached hydrogen (secondary N) is 2. The van der Waals surface area contributed by atoms with Crippen molar-refractivity contribution in [3.8, 4) is 0 Å². The van der Waals surface area contributed by atoms with E-state index in [-0.39, 0.29) is 17.9 Å². The standard InChI is InChI=1S/C9H12N2O2.C4H9N/c1-3-4-8(9(10)13)6-11-5-7(2)12;1-2-4-5-3-1/h3-4,6H,1,5H2,2H3,(H2,10,13);5H,1-4H2/p+1/b8-4+,11-6?;. The molecule has 0 aromatic carbocycles. The van der Waals surface area contributed by atoms with Gasteiger partial charge in [-0.05, 0) is 32.0 Å². The Morgan fingerprint density at radius 2 is 2.00 bits per heavy atom. The molecule has 5 heteroatoms. The van der Waals surface area contributed by atoms with Crippen molar-refractivity contribution in [3.63, 3.8) is 0 Å². The summed E-state index contributed by atoms with van der Waals surface area (Å²) in [5.41, 5.74) is 5.32. The van der Waals surface area contributed by atoms with E-state index in [0.717, 1.165) is 0 Å². The maximum absolute atomic E-state index is 10.7. The van der Waals surface area contributed by atoms with Crippen LogP contribution in [0.5, 0.6) is 0 Å². The average molecular weight is 252 g/mol. The molecule has 0 radical (unpaired) electrons. The fourth-order valence-electron chi connectivity index (χ4n) is 1.26. The van der Waals surface area contributed by atoms with E-state index in [0.29, 0.717) is 0 Å². The van der Waals surface area contributed by atoms with E-state index in [9.17, 15) is 9.59 Å². The lowest BCUT2D eigenvalue weighted by molar-refractivity contribution is -0.437. The topological polar surface area (TPSA) is 86.2 Å². The van der Waals surface area contributed by atoms with Gasteiger partial charge in [-0.15, -0.1) is 0 Å². The summed E-state index contributed by atoms with van der Waals surface area (Å²) in [6.07, 6.45) is 7.09. The number of hydrogen-bond donors (Lipinski definition) is 3. The zero-order chi connectivity index (χ0) is 13.8. The highest BCUT2D eigenvalue weighted by Crippen LogP contribution is 1.90. The van der Waals surface area contributed by atoms with Crippen LogP contribution in [0.2, 0.25) is 0 Å². The first kappa shape index (κ1) is 16.2. The van der Waals surface area contributed by atoms with Crippen molar-refractivity contribution in [2.75, 3.05) is 19.6 Å². The second-order valence-electron chi connectivity index (χ2n) is 3.91. The van der Waals surface area contributed by atoms with Gasteiger partial charge < -0.3 is 11.1 Å². The smallest absolute Gasteiger partial charge is 0.254 e. The number of Topliss-reactive ketones (excluding diaryl/α,β-unsaturated/α-hetero) is 1. The molecule has 1 saturated heterocycles. The van der Waals surface area contributed by atoms with Gasteiger partial charge in [0.05, 0.1) is 0 Å². The molecular weight excluding hydrogens is 230 g/mol. The summed E-state index contributed by atoms with van der Waals surface area (Å²) in [6.45, 7) is 7.56. The number of carbonyl (C=O) groups is 2. The molecule has 0 aliphatic carbocycles. The van der Waals surface area contributed by atoms with E-state index in [1.807, 2.05) is 0 Å². The van der Waals surface area contributed by atoms with E-state index in [1.165, 1.54) is 51.2 Å². The lowest BCUT2D eigenvalue weighted by atomic mass is 10.2. The third-order valence-electron chi connectivity index (χ3n) is 2.15. The van der Waals surface area contributed by atoms with Gasteiger partial charge >= 0.3 is 0 Å². The summed E-state index contributed by atoms with van der Waals surface area (Å²) in [4.78, 5) is 23.9. The molecule has 1 amide bonds. The van der Waals surface area contributed by atoms with Crippen LogP contribution >= 0.6 is 0 Å². The van der Waals surface area contributed by atoms with Gasteiger partial charge in [0.15, 0.2) is 18.5 Å². The fourth-order valence-corrected chi connectivity index (χ4v) is 1.26. The summed E-state index contributed by atoms with van der Waals surface area (Å²) >= 11 is 0. The Hall–Kier alpha value is -1.75. The highest BCUT2D eigenvalue weighted by atomic mass is 16.1. The molecular formula is C13H22N3O2+. The molecule has 1 aliphatic heterocycles. The van der Waals surface area contributed by atoms with E-state index in [2.05, 4.69) is 16.9 Å². The van der Waals surface area contributed by atoms with Crippen molar-refractivity contribution < 1.29 is 14.6 Å². The van der Waals surface area contributed by atoms with Crippen molar-refractivity contribution in [3.05, 3.63) is 24.3 Å². The number of allylic oxidation sites excluding steroid dienone is 2. The van der Waals surface area contributed by atoms with Crippen molar-refractivity contribution in [1.29, 1.82) is 0 Å². The fraction of sp³-hybridized carbons (Fsp3) is 0.462. The van der Waals surface area contributed by atoms with Gasteiger partial charge in [0.1, 0.15) is 5.57 Å². The number of ketones is 1. The third-order valence-corrected chi connectivity index (χ3v) is 2.15. The molecule has 0 aromatic rings. The molecule has 0 bridgehead atoms. The molecule has 1 rings (SSSR count). The molecule has 100 valence electrons. The third kappa shape index (κ3) is 9.47. The molecule has 1 aliphatic rings. The zero-order valence-corrected chi connectivity index (χ0v) is 10.9. The Labute approximate surface area is 108 Å². The van der Waals surface area contributed by atoms with E-state index in [4.69, 9.17) is 5.73 Å². The minimum absolute atomic E-state index is 0.0151. The molecule has 1 fully saturated rings. The van der Waals surface area contributed by atoms with Crippen LogP contribution in [0.1, 0.15) is 19.8 Å². The van der Waals surface area contributed by atoms with Crippen molar-refractivity contribution in [2.45, 2.75) is 19.8 Å². The highest BCUT2D eigenvalue weighted by Gasteiger charge is 2.03. The van der Waals surface area contributed by atoms with Crippen LogP contribution in [0.25, 0.3) is 0 Å². The molecule has 1 heterocycles. The van der Waals surface area contributed by atoms with Crippen LogP contribution < -0.4 is 16.0 Å². The highest BCUT2D eigenvalue weighted by molar-refractivity contribution is 6.10. The van der Waals surface area contributed by atoms with Gasteiger partial charge in [0.2, 0.25) is 0 Å². The summed E-state index contributed by atoms with van der Waals surface area (Å²) in [5.74, 6) is -0.574. The van der Waals surface area contributed by atoms with E-state index >= 15 is 0 Å². The van der Waals surface area contributed by atoms with Crippen molar-refractivity contribution in [1.82, 2.24) is 5.32 Å². The Kier molecular flexibility index (Phi) is 9.40.